The smallest absolute Gasteiger partial charge is 0.274 e. The van der Waals surface area contributed by atoms with Gasteiger partial charge in [0.25, 0.3) is 5.91 Å². The Labute approximate surface area is 144 Å². The third-order valence-corrected chi connectivity index (χ3v) is 3.50. The summed E-state index contributed by atoms with van der Waals surface area (Å²) in [6, 6.07) is 16.6. The molecule has 0 saturated carbocycles. The van der Waals surface area contributed by atoms with Crippen LogP contribution in [0.1, 0.15) is 10.5 Å². The van der Waals surface area contributed by atoms with Gasteiger partial charge in [-0.1, -0.05) is 24.3 Å². The van der Waals surface area contributed by atoms with Crippen LogP contribution in [-0.2, 0) is 0 Å². The number of nitrogens with zero attached hydrogens (tertiary/aromatic N) is 1. The summed E-state index contributed by atoms with van der Waals surface area (Å²) in [5, 5.41) is 5.69. The lowest BCUT2D eigenvalue weighted by Crippen LogP contribution is -2.14. The molecule has 6 heteroatoms. The second kappa shape index (κ2) is 7.44. The van der Waals surface area contributed by atoms with Crippen molar-refractivity contribution >= 4 is 23.0 Å². The fourth-order valence-corrected chi connectivity index (χ4v) is 2.28. The average molecular weight is 337 g/mol. The molecule has 0 aliphatic carbocycles. The van der Waals surface area contributed by atoms with E-state index in [1.54, 1.807) is 48.5 Å². The van der Waals surface area contributed by atoms with E-state index in [1.165, 1.54) is 19.4 Å². The zero-order valence-corrected chi connectivity index (χ0v) is 13.5. The quantitative estimate of drug-likeness (QED) is 0.731. The number of hydrogen-bond donors (Lipinski definition) is 2. The first-order valence-electron chi connectivity index (χ1n) is 7.59. The topological polar surface area (TPSA) is 63.2 Å². The predicted molar refractivity (Wildman–Crippen MR) is 94.9 cm³/mol. The molecule has 1 aromatic heterocycles. The van der Waals surface area contributed by atoms with E-state index in [1.807, 2.05) is 6.07 Å². The summed E-state index contributed by atoms with van der Waals surface area (Å²) in [6.07, 6.45) is 1.49. The molecule has 5 nitrogen and oxygen atoms in total. The van der Waals surface area contributed by atoms with Crippen molar-refractivity contribution in [3.63, 3.8) is 0 Å². The van der Waals surface area contributed by atoms with Crippen LogP contribution >= 0.6 is 0 Å². The Hall–Kier alpha value is -3.41. The van der Waals surface area contributed by atoms with Gasteiger partial charge in [-0.3, -0.25) is 9.78 Å². The van der Waals surface area contributed by atoms with Crippen molar-refractivity contribution in [3.8, 4) is 5.75 Å². The summed E-state index contributed by atoms with van der Waals surface area (Å²) in [4.78, 5) is 16.5. The third-order valence-electron chi connectivity index (χ3n) is 3.50. The molecule has 0 radical (unpaired) electrons. The first-order valence-corrected chi connectivity index (χ1v) is 7.59. The minimum atomic E-state index is -0.387. The van der Waals surface area contributed by atoms with Crippen LogP contribution in [0, 0.1) is 5.82 Å². The van der Waals surface area contributed by atoms with Gasteiger partial charge in [0.2, 0.25) is 0 Å². The van der Waals surface area contributed by atoms with Crippen molar-refractivity contribution < 1.29 is 13.9 Å². The Morgan fingerprint density at radius 2 is 1.76 bits per heavy atom. The maximum Gasteiger partial charge on any atom is 0.274 e. The molecule has 0 atom stereocenters. The van der Waals surface area contributed by atoms with Gasteiger partial charge >= 0.3 is 0 Å². The lowest BCUT2D eigenvalue weighted by Gasteiger charge is -2.11. The standard InChI is InChI=1S/C19H16FN3O2/c1-25-18-9-5-4-8-16(18)23-19(24)17-12-13(10-11-21-17)22-15-7-3-2-6-14(15)20/h2-12H,1H3,(H,21,22)(H,23,24). The van der Waals surface area contributed by atoms with Gasteiger partial charge in [-0.25, -0.2) is 4.39 Å². The number of carbonyl (C=O) groups is 1. The molecule has 3 aromatic rings. The number of halogens is 1. The molecule has 0 aliphatic heterocycles. The van der Waals surface area contributed by atoms with Gasteiger partial charge in [-0.15, -0.1) is 0 Å². The number of anilines is 3. The van der Waals surface area contributed by atoms with Gasteiger partial charge in [0.05, 0.1) is 18.5 Å². The maximum absolute atomic E-state index is 13.7. The Morgan fingerprint density at radius 3 is 2.52 bits per heavy atom. The van der Waals surface area contributed by atoms with E-state index in [0.29, 0.717) is 22.8 Å². The normalized spacial score (nSPS) is 10.2. The summed E-state index contributed by atoms with van der Waals surface area (Å²) in [5.41, 5.74) is 1.63. The molecule has 1 amide bonds. The highest BCUT2D eigenvalue weighted by Gasteiger charge is 2.11. The molecular formula is C19H16FN3O2. The van der Waals surface area contributed by atoms with E-state index in [-0.39, 0.29) is 17.4 Å². The number of hydrogen-bond acceptors (Lipinski definition) is 4. The summed E-state index contributed by atoms with van der Waals surface area (Å²) in [6.45, 7) is 0. The number of para-hydroxylation sites is 3. The Bertz CT molecular complexity index is 899. The van der Waals surface area contributed by atoms with Crippen LogP contribution in [0.3, 0.4) is 0 Å². The monoisotopic (exact) mass is 337 g/mol. The molecule has 0 spiro atoms. The van der Waals surface area contributed by atoms with Crippen LogP contribution in [0.4, 0.5) is 21.5 Å². The fraction of sp³-hybridized carbons (Fsp3) is 0.0526. The van der Waals surface area contributed by atoms with Crippen molar-refractivity contribution in [1.29, 1.82) is 0 Å². The van der Waals surface area contributed by atoms with E-state index in [9.17, 15) is 9.18 Å². The van der Waals surface area contributed by atoms with E-state index >= 15 is 0 Å². The van der Waals surface area contributed by atoms with Gasteiger partial charge in [-0.05, 0) is 36.4 Å². The number of methoxy groups -OCH3 is 1. The largest absolute Gasteiger partial charge is 0.495 e. The van der Waals surface area contributed by atoms with Crippen molar-refractivity contribution in [2.45, 2.75) is 0 Å². The lowest BCUT2D eigenvalue weighted by molar-refractivity contribution is 0.102. The number of rotatable bonds is 5. The minimum absolute atomic E-state index is 0.201. The summed E-state index contributed by atoms with van der Waals surface area (Å²) in [7, 11) is 1.53. The molecule has 126 valence electrons. The van der Waals surface area contributed by atoms with Crippen LogP contribution < -0.4 is 15.4 Å². The minimum Gasteiger partial charge on any atom is -0.495 e. The molecular weight excluding hydrogens is 321 g/mol. The van der Waals surface area contributed by atoms with E-state index in [4.69, 9.17) is 4.74 Å². The van der Waals surface area contributed by atoms with Crippen LogP contribution in [0.5, 0.6) is 5.75 Å². The molecule has 0 fully saturated rings. The van der Waals surface area contributed by atoms with E-state index in [0.717, 1.165) is 0 Å². The second-order valence-corrected chi connectivity index (χ2v) is 5.19. The van der Waals surface area contributed by atoms with Crippen molar-refractivity contribution in [3.05, 3.63) is 78.4 Å². The third kappa shape index (κ3) is 3.92. The van der Waals surface area contributed by atoms with Gasteiger partial charge < -0.3 is 15.4 Å². The maximum atomic E-state index is 13.7. The first-order chi connectivity index (χ1) is 12.2. The average Bonchev–Trinajstić information content (AvgIpc) is 2.64. The Kier molecular flexibility index (Phi) is 4.89. The van der Waals surface area contributed by atoms with Gasteiger partial charge in [0.15, 0.2) is 0 Å². The highest BCUT2D eigenvalue weighted by molar-refractivity contribution is 6.04. The van der Waals surface area contributed by atoms with Crippen LogP contribution in [0.2, 0.25) is 0 Å². The fourth-order valence-electron chi connectivity index (χ4n) is 2.28. The van der Waals surface area contributed by atoms with Crippen molar-refractivity contribution in [2.24, 2.45) is 0 Å². The summed E-state index contributed by atoms with van der Waals surface area (Å²) >= 11 is 0. The summed E-state index contributed by atoms with van der Waals surface area (Å²) in [5.74, 6) is -0.211. The number of amides is 1. The Morgan fingerprint density at radius 1 is 1.04 bits per heavy atom. The molecule has 0 unspecified atom stereocenters. The summed E-state index contributed by atoms with van der Waals surface area (Å²) < 4.78 is 18.9. The Balaban J connectivity index is 1.79. The molecule has 2 aromatic carbocycles. The molecule has 0 aliphatic rings. The lowest BCUT2D eigenvalue weighted by atomic mass is 10.2. The molecule has 0 saturated heterocycles. The SMILES string of the molecule is COc1ccccc1NC(=O)c1cc(Nc2ccccc2F)ccn1. The van der Waals surface area contributed by atoms with Crippen LogP contribution in [0.25, 0.3) is 0 Å². The zero-order valence-electron chi connectivity index (χ0n) is 13.5. The van der Waals surface area contributed by atoms with E-state index < -0.39 is 0 Å². The predicted octanol–water partition coefficient (Wildman–Crippen LogP) is 4.23. The number of benzene rings is 2. The van der Waals surface area contributed by atoms with E-state index in [2.05, 4.69) is 15.6 Å². The molecule has 25 heavy (non-hydrogen) atoms. The molecule has 0 bridgehead atoms. The van der Waals surface area contributed by atoms with Crippen LogP contribution in [0.15, 0.2) is 66.9 Å². The number of carbonyl (C=O) groups excluding carboxylic acids is 1. The molecule has 2 N–H and O–H groups in total. The second-order valence-electron chi connectivity index (χ2n) is 5.19. The molecule has 3 rings (SSSR count). The van der Waals surface area contributed by atoms with Gasteiger partial charge in [-0.2, -0.15) is 0 Å². The van der Waals surface area contributed by atoms with Gasteiger partial charge in [0, 0.05) is 11.9 Å². The number of ether oxygens (including phenoxy) is 1. The van der Waals surface area contributed by atoms with Gasteiger partial charge in [0.1, 0.15) is 17.3 Å². The van der Waals surface area contributed by atoms with Crippen molar-refractivity contribution in [2.75, 3.05) is 17.7 Å². The molecule has 1 heterocycles. The van der Waals surface area contributed by atoms with Crippen molar-refractivity contribution in [1.82, 2.24) is 4.98 Å². The number of pyridine rings is 1. The highest BCUT2D eigenvalue weighted by atomic mass is 19.1. The van der Waals surface area contributed by atoms with Crippen LogP contribution in [-0.4, -0.2) is 18.0 Å². The zero-order chi connectivity index (χ0) is 17.6. The number of aromatic nitrogens is 1. The number of nitrogens with one attached hydrogen (secondary N) is 2. The highest BCUT2D eigenvalue weighted by Crippen LogP contribution is 2.24. The first kappa shape index (κ1) is 16.4.